The molecular weight excluding hydrogens is 160 g/mol. The van der Waals surface area contributed by atoms with Crippen LogP contribution >= 0.6 is 0 Å². The molecule has 0 radical (unpaired) electrons. The van der Waals surface area contributed by atoms with E-state index in [-0.39, 0.29) is 36.2 Å². The van der Waals surface area contributed by atoms with Crippen molar-refractivity contribution in [3.05, 3.63) is 35.3 Å². The van der Waals surface area contributed by atoms with E-state index >= 15 is 0 Å². The van der Waals surface area contributed by atoms with Gasteiger partial charge in [-0.2, -0.15) is 0 Å². The Kier molecular flexibility index (Phi) is 1.01. The van der Waals surface area contributed by atoms with Gasteiger partial charge in [0.05, 0.1) is 11.6 Å². The molecule has 1 aromatic rings. The topological polar surface area (TPSA) is 9.23 Å². The minimum Gasteiger partial charge on any atom is -0.378 e. The average molecular weight is 178 g/mol. The zero-order valence-corrected chi connectivity index (χ0v) is 7.39. The van der Waals surface area contributed by atoms with Crippen molar-refractivity contribution in [2.24, 2.45) is 0 Å². The Morgan fingerprint density at radius 3 is 3.23 bits per heavy atom. The Balaban J connectivity index is 2.24. The fourth-order valence-electron chi connectivity index (χ4n) is 2.41. The summed E-state index contributed by atoms with van der Waals surface area (Å²) < 4.78 is 37.0. The molecule has 1 nitrogen and oxygen atoms in total. The summed E-state index contributed by atoms with van der Waals surface area (Å²) in [5.41, 5.74) is 1.62. The van der Waals surface area contributed by atoms with Crippen LogP contribution in [0.4, 0.5) is 0 Å². The predicted octanol–water partition coefficient (Wildman–Crippen LogP) is 2.51. The Labute approximate surface area is 84.3 Å². The predicted molar refractivity (Wildman–Crippen MR) is 51.9 cm³/mol. The normalized spacial score (nSPS) is 35.4. The van der Waals surface area contributed by atoms with Crippen LogP contribution in [0.1, 0.15) is 35.4 Å². The number of rotatable bonds is 0. The van der Waals surface area contributed by atoms with Crippen molar-refractivity contribution in [2.75, 3.05) is 6.61 Å². The summed E-state index contributed by atoms with van der Waals surface area (Å²) in [6.07, 6.45) is 2.61. The highest BCUT2D eigenvalue weighted by Crippen LogP contribution is 2.39. The van der Waals surface area contributed by atoms with Gasteiger partial charge >= 0.3 is 0 Å². The number of hydrogen-bond acceptors (Lipinski definition) is 1. The van der Waals surface area contributed by atoms with E-state index in [0.29, 0.717) is 13.0 Å². The summed E-state index contributed by atoms with van der Waals surface area (Å²) in [5.74, 6) is 0.167. The molecule has 1 aliphatic heterocycles. The van der Waals surface area contributed by atoms with Crippen molar-refractivity contribution in [3.63, 3.8) is 0 Å². The molecule has 1 heterocycles. The summed E-state index contributed by atoms with van der Waals surface area (Å²) in [6, 6.07) is 0.0694. The van der Waals surface area contributed by atoms with Gasteiger partial charge in [0.2, 0.25) is 0 Å². The van der Waals surface area contributed by atoms with E-state index < -0.39 is 0 Å². The van der Waals surface area contributed by atoms with Crippen LogP contribution in [-0.2, 0) is 11.2 Å². The zero-order chi connectivity index (χ0) is 12.2. The minimum atomic E-state index is -0.110. The van der Waals surface area contributed by atoms with Crippen molar-refractivity contribution in [1.29, 1.82) is 0 Å². The van der Waals surface area contributed by atoms with E-state index in [1.54, 1.807) is 0 Å². The van der Waals surface area contributed by atoms with Crippen molar-refractivity contribution in [2.45, 2.75) is 31.3 Å². The van der Waals surface area contributed by atoms with E-state index in [9.17, 15) is 0 Å². The third kappa shape index (κ3) is 1.11. The highest BCUT2D eigenvalue weighted by Gasteiger charge is 2.33. The molecule has 1 fully saturated rings. The van der Waals surface area contributed by atoms with Gasteiger partial charge in [-0.3, -0.25) is 0 Å². The molecule has 0 unspecified atom stereocenters. The van der Waals surface area contributed by atoms with Crippen LogP contribution in [0.3, 0.4) is 0 Å². The largest absolute Gasteiger partial charge is 0.378 e. The third-order valence-corrected chi connectivity index (χ3v) is 3.06. The molecule has 0 spiro atoms. The lowest BCUT2D eigenvalue weighted by atomic mass is 9.80. The average Bonchev–Trinajstić information content (AvgIpc) is 2.80. The smallest absolute Gasteiger partial charge is 0.0647 e. The monoisotopic (exact) mass is 178 g/mol. The maximum Gasteiger partial charge on any atom is 0.0647 e. The molecular formula is C12H14O. The summed E-state index contributed by atoms with van der Waals surface area (Å²) in [7, 11) is 0. The molecule has 1 aromatic carbocycles. The lowest BCUT2D eigenvalue weighted by molar-refractivity contribution is 0.0930. The molecule has 0 amide bonds. The fourth-order valence-corrected chi connectivity index (χ4v) is 2.41. The van der Waals surface area contributed by atoms with E-state index in [1.807, 2.05) is 0 Å². The molecule has 1 heteroatoms. The van der Waals surface area contributed by atoms with E-state index in [4.69, 9.17) is 10.2 Å². The maximum absolute atomic E-state index is 8.02. The minimum absolute atomic E-state index is 0.105. The second kappa shape index (κ2) is 2.85. The van der Waals surface area contributed by atoms with Gasteiger partial charge < -0.3 is 4.74 Å². The molecule has 68 valence electrons. The van der Waals surface area contributed by atoms with Gasteiger partial charge in [-0.1, -0.05) is 24.2 Å². The number of ether oxygens (including phenoxy) is 1. The Hall–Kier alpha value is -0.820. The van der Waals surface area contributed by atoms with Crippen molar-refractivity contribution in [3.8, 4) is 0 Å². The van der Waals surface area contributed by atoms with Gasteiger partial charge in [-0.25, -0.2) is 0 Å². The first-order chi connectivity index (χ1) is 8.11. The van der Waals surface area contributed by atoms with Gasteiger partial charge in [-0.05, 0) is 30.4 Å². The second-order valence-electron chi connectivity index (χ2n) is 3.74. The number of hydrogen-bond donors (Lipinski definition) is 0. The second-order valence-corrected chi connectivity index (χ2v) is 3.74. The van der Waals surface area contributed by atoms with Gasteiger partial charge in [0.25, 0.3) is 0 Å². The number of fused-ring (bicyclic) bond motifs is 3. The number of benzene rings is 1. The van der Waals surface area contributed by atoms with Crippen LogP contribution in [0.5, 0.6) is 0 Å². The standard InChI is InChI=1S/C12H14O/c1-2-4-10-9(3-1)5-6-12-11(10)7-8-13-12/h1-4,11-12H,5-8H2/t11-,12+/m1/s1/i1D,2D,3D,4D. The highest BCUT2D eigenvalue weighted by atomic mass is 16.5. The van der Waals surface area contributed by atoms with E-state index in [1.165, 1.54) is 0 Å². The highest BCUT2D eigenvalue weighted by molar-refractivity contribution is 5.34. The van der Waals surface area contributed by atoms with Gasteiger partial charge in [0, 0.05) is 12.5 Å². The van der Waals surface area contributed by atoms with Gasteiger partial charge in [0.1, 0.15) is 0 Å². The molecule has 0 bridgehead atoms. The molecule has 2 aliphatic rings. The first-order valence-electron chi connectivity index (χ1n) is 6.82. The van der Waals surface area contributed by atoms with Gasteiger partial charge in [-0.15, -0.1) is 0 Å². The van der Waals surface area contributed by atoms with Crippen LogP contribution in [-0.4, -0.2) is 12.7 Å². The van der Waals surface area contributed by atoms with Crippen LogP contribution in [0.25, 0.3) is 0 Å². The first-order valence-corrected chi connectivity index (χ1v) is 4.82. The summed E-state index contributed by atoms with van der Waals surface area (Å²) in [5, 5.41) is 0. The molecule has 13 heavy (non-hydrogen) atoms. The molecule has 2 atom stereocenters. The summed E-state index contributed by atoms with van der Waals surface area (Å²) >= 11 is 0. The molecule has 0 aromatic heterocycles. The molecule has 1 saturated heterocycles. The zero-order valence-electron chi connectivity index (χ0n) is 11.4. The molecule has 1 aliphatic carbocycles. The Bertz CT molecular complexity index is 486. The fraction of sp³-hybridized carbons (Fsp3) is 0.500. The van der Waals surface area contributed by atoms with E-state index in [2.05, 4.69) is 0 Å². The van der Waals surface area contributed by atoms with Crippen LogP contribution in [0.15, 0.2) is 24.2 Å². The summed E-state index contributed by atoms with van der Waals surface area (Å²) in [4.78, 5) is 0. The first kappa shape index (κ1) is 4.61. The molecule has 0 saturated carbocycles. The lowest BCUT2D eigenvalue weighted by Crippen LogP contribution is -2.21. The van der Waals surface area contributed by atoms with Crippen molar-refractivity contribution < 1.29 is 10.2 Å². The lowest BCUT2D eigenvalue weighted by Gasteiger charge is -2.26. The SMILES string of the molecule is [2H]c1c([2H])c([2H])c2c(c1[2H])CC[C@@H]1OCC[C@H]21. The summed E-state index contributed by atoms with van der Waals surface area (Å²) in [6.45, 7) is 0.706. The van der Waals surface area contributed by atoms with Crippen LogP contribution < -0.4 is 0 Å². The quantitative estimate of drug-likeness (QED) is 0.593. The van der Waals surface area contributed by atoms with Crippen molar-refractivity contribution >= 4 is 0 Å². The van der Waals surface area contributed by atoms with Crippen molar-refractivity contribution in [1.82, 2.24) is 0 Å². The van der Waals surface area contributed by atoms with Gasteiger partial charge in [0.15, 0.2) is 0 Å². The van der Waals surface area contributed by atoms with Crippen LogP contribution in [0.2, 0.25) is 0 Å². The molecule has 3 rings (SSSR count). The Morgan fingerprint density at radius 2 is 2.23 bits per heavy atom. The molecule has 0 N–H and O–H groups in total. The maximum atomic E-state index is 8.02. The van der Waals surface area contributed by atoms with E-state index in [0.717, 1.165) is 24.0 Å². The Morgan fingerprint density at radius 1 is 1.31 bits per heavy atom. The third-order valence-electron chi connectivity index (χ3n) is 3.06. The van der Waals surface area contributed by atoms with Crippen LogP contribution in [0, 0.1) is 0 Å².